The fraction of sp³-hybridized carbons (Fsp3) is 0.136. The lowest BCUT2D eigenvalue weighted by molar-refractivity contribution is 0.0600. The Kier molecular flexibility index (Phi) is 6.01. The number of amides is 1. The Morgan fingerprint density at radius 2 is 1.68 bits per heavy atom. The molecule has 2 aromatic carbocycles. The van der Waals surface area contributed by atoms with Crippen LogP contribution in [0.15, 0.2) is 72.9 Å². The molecule has 1 amide bonds. The predicted octanol–water partition coefficient (Wildman–Crippen LogP) is 4.28. The Morgan fingerprint density at radius 1 is 0.964 bits per heavy atom. The van der Waals surface area contributed by atoms with Crippen LogP contribution in [-0.4, -0.2) is 30.5 Å². The summed E-state index contributed by atoms with van der Waals surface area (Å²) in [5.41, 5.74) is 3.28. The quantitative estimate of drug-likeness (QED) is 0.651. The van der Waals surface area contributed by atoms with Crippen LogP contribution in [0.2, 0.25) is 0 Å². The molecule has 6 heteroatoms. The van der Waals surface area contributed by atoms with E-state index in [1.54, 1.807) is 36.5 Å². The van der Waals surface area contributed by atoms with Crippen molar-refractivity contribution in [3.8, 4) is 0 Å². The van der Waals surface area contributed by atoms with Gasteiger partial charge in [-0.3, -0.25) is 4.79 Å². The summed E-state index contributed by atoms with van der Waals surface area (Å²) >= 11 is 0. The van der Waals surface area contributed by atoms with E-state index in [0.717, 1.165) is 17.9 Å². The van der Waals surface area contributed by atoms with E-state index in [-0.39, 0.29) is 5.91 Å². The van der Waals surface area contributed by atoms with Crippen LogP contribution in [0.1, 0.15) is 27.8 Å². The highest BCUT2D eigenvalue weighted by Gasteiger charge is 2.12. The molecule has 1 N–H and O–H groups in total. The van der Waals surface area contributed by atoms with Gasteiger partial charge < -0.3 is 15.0 Å². The van der Waals surface area contributed by atoms with Crippen LogP contribution >= 0.6 is 0 Å². The third-order valence-corrected chi connectivity index (χ3v) is 4.24. The first-order valence-corrected chi connectivity index (χ1v) is 8.90. The summed E-state index contributed by atoms with van der Waals surface area (Å²) in [4.78, 5) is 30.3. The molecular formula is C22H21N3O3. The molecule has 0 bridgehead atoms. The van der Waals surface area contributed by atoms with Crippen molar-refractivity contribution in [3.63, 3.8) is 0 Å². The minimum atomic E-state index is -0.422. The Bertz CT molecular complexity index is 939. The van der Waals surface area contributed by atoms with Crippen molar-refractivity contribution in [1.82, 2.24) is 4.98 Å². The third-order valence-electron chi connectivity index (χ3n) is 4.24. The van der Waals surface area contributed by atoms with E-state index >= 15 is 0 Å². The average Bonchev–Trinajstić information content (AvgIpc) is 2.75. The molecule has 1 aromatic heterocycles. The van der Waals surface area contributed by atoms with Crippen LogP contribution in [0, 0.1) is 0 Å². The van der Waals surface area contributed by atoms with Gasteiger partial charge >= 0.3 is 5.97 Å². The van der Waals surface area contributed by atoms with Crippen LogP contribution in [-0.2, 0) is 4.74 Å². The van der Waals surface area contributed by atoms with Gasteiger partial charge in [-0.2, -0.15) is 0 Å². The zero-order valence-electron chi connectivity index (χ0n) is 15.8. The molecule has 6 nitrogen and oxygen atoms in total. The number of carbonyl (C=O) groups is 2. The zero-order valence-corrected chi connectivity index (χ0v) is 15.8. The summed E-state index contributed by atoms with van der Waals surface area (Å²) in [6.07, 6.45) is 1.69. The number of anilines is 3. The van der Waals surface area contributed by atoms with Gasteiger partial charge in [0.05, 0.1) is 24.6 Å². The first kappa shape index (κ1) is 19.1. The van der Waals surface area contributed by atoms with E-state index in [1.165, 1.54) is 7.11 Å². The van der Waals surface area contributed by atoms with Crippen molar-refractivity contribution in [2.75, 3.05) is 23.9 Å². The van der Waals surface area contributed by atoms with Crippen molar-refractivity contribution < 1.29 is 14.3 Å². The minimum absolute atomic E-state index is 0.310. The van der Waals surface area contributed by atoms with E-state index < -0.39 is 5.97 Å². The van der Waals surface area contributed by atoms with Gasteiger partial charge in [-0.1, -0.05) is 18.2 Å². The minimum Gasteiger partial charge on any atom is -0.465 e. The summed E-state index contributed by atoms with van der Waals surface area (Å²) in [6.45, 7) is 2.84. The van der Waals surface area contributed by atoms with Gasteiger partial charge in [-0.25, -0.2) is 9.78 Å². The maximum absolute atomic E-state index is 12.4. The molecule has 0 radical (unpaired) electrons. The molecular weight excluding hydrogens is 354 g/mol. The first-order chi connectivity index (χ1) is 13.6. The third kappa shape index (κ3) is 4.35. The van der Waals surface area contributed by atoms with E-state index in [4.69, 9.17) is 0 Å². The number of ether oxygens (including phenoxy) is 1. The number of methoxy groups -OCH3 is 1. The number of esters is 1. The molecule has 0 aliphatic heterocycles. The Labute approximate surface area is 163 Å². The fourth-order valence-electron chi connectivity index (χ4n) is 2.80. The standard InChI is InChI=1S/C22H21N3O3/c1-3-25(18-7-5-4-6-8-18)19-13-14-20(23-15-19)21(26)24-17-11-9-16(10-12-17)22(27)28-2/h4-15H,3H2,1-2H3,(H,24,26). The summed E-state index contributed by atoms with van der Waals surface area (Å²) < 4.78 is 4.66. The molecule has 28 heavy (non-hydrogen) atoms. The van der Waals surface area contributed by atoms with Gasteiger partial charge in [0.1, 0.15) is 5.69 Å². The molecule has 1 heterocycles. The maximum Gasteiger partial charge on any atom is 0.337 e. The topological polar surface area (TPSA) is 71.5 Å². The molecule has 3 aromatic rings. The highest BCUT2D eigenvalue weighted by Crippen LogP contribution is 2.24. The molecule has 0 unspecified atom stereocenters. The van der Waals surface area contributed by atoms with Crippen LogP contribution < -0.4 is 10.2 Å². The van der Waals surface area contributed by atoms with Crippen molar-refractivity contribution in [3.05, 3.63) is 84.2 Å². The average molecular weight is 375 g/mol. The zero-order chi connectivity index (χ0) is 19.9. The lowest BCUT2D eigenvalue weighted by Gasteiger charge is -2.22. The maximum atomic E-state index is 12.4. The Morgan fingerprint density at radius 3 is 2.25 bits per heavy atom. The van der Waals surface area contributed by atoms with E-state index in [2.05, 4.69) is 26.9 Å². The SMILES string of the molecule is CCN(c1ccccc1)c1ccc(C(=O)Nc2ccc(C(=O)OC)cc2)nc1. The monoisotopic (exact) mass is 375 g/mol. The summed E-state index contributed by atoms with van der Waals surface area (Å²) in [5, 5.41) is 2.77. The van der Waals surface area contributed by atoms with Gasteiger partial charge in [0.2, 0.25) is 0 Å². The smallest absolute Gasteiger partial charge is 0.337 e. The molecule has 0 saturated heterocycles. The highest BCUT2D eigenvalue weighted by molar-refractivity contribution is 6.03. The second-order valence-corrected chi connectivity index (χ2v) is 6.00. The molecule has 0 aliphatic rings. The molecule has 0 fully saturated rings. The highest BCUT2D eigenvalue weighted by atomic mass is 16.5. The number of rotatable bonds is 6. The number of hydrogen-bond acceptors (Lipinski definition) is 5. The van der Waals surface area contributed by atoms with Crippen molar-refractivity contribution in [2.45, 2.75) is 6.92 Å². The molecule has 0 spiro atoms. The summed E-state index contributed by atoms with van der Waals surface area (Å²) in [6, 6.07) is 20.0. The number of pyridine rings is 1. The number of aromatic nitrogens is 1. The molecule has 0 saturated carbocycles. The largest absolute Gasteiger partial charge is 0.465 e. The van der Waals surface area contributed by atoms with Gasteiger partial charge in [-0.05, 0) is 55.5 Å². The van der Waals surface area contributed by atoms with Crippen molar-refractivity contribution in [1.29, 1.82) is 0 Å². The summed E-state index contributed by atoms with van der Waals surface area (Å²) in [7, 11) is 1.32. The fourth-order valence-corrected chi connectivity index (χ4v) is 2.80. The number of nitrogens with one attached hydrogen (secondary N) is 1. The Balaban J connectivity index is 1.70. The molecule has 0 atom stereocenters. The second-order valence-electron chi connectivity index (χ2n) is 6.00. The molecule has 0 aliphatic carbocycles. The van der Waals surface area contributed by atoms with Crippen LogP contribution in [0.4, 0.5) is 17.1 Å². The van der Waals surface area contributed by atoms with Gasteiger partial charge in [0.25, 0.3) is 5.91 Å². The van der Waals surface area contributed by atoms with Gasteiger partial charge in [0, 0.05) is 17.9 Å². The number of carbonyl (C=O) groups excluding carboxylic acids is 2. The predicted molar refractivity (Wildman–Crippen MR) is 109 cm³/mol. The lowest BCUT2D eigenvalue weighted by Crippen LogP contribution is -2.18. The van der Waals surface area contributed by atoms with Gasteiger partial charge in [0.15, 0.2) is 0 Å². The number of para-hydroxylation sites is 1. The van der Waals surface area contributed by atoms with Crippen LogP contribution in [0.3, 0.4) is 0 Å². The van der Waals surface area contributed by atoms with Crippen molar-refractivity contribution in [2.24, 2.45) is 0 Å². The first-order valence-electron chi connectivity index (χ1n) is 8.90. The number of hydrogen-bond donors (Lipinski definition) is 1. The van der Waals surface area contributed by atoms with Gasteiger partial charge in [-0.15, -0.1) is 0 Å². The number of benzene rings is 2. The van der Waals surface area contributed by atoms with E-state index in [9.17, 15) is 9.59 Å². The van der Waals surface area contributed by atoms with Crippen molar-refractivity contribution >= 4 is 28.9 Å². The van der Waals surface area contributed by atoms with E-state index in [0.29, 0.717) is 16.9 Å². The Hall–Kier alpha value is -3.67. The van der Waals surface area contributed by atoms with Crippen LogP contribution in [0.25, 0.3) is 0 Å². The van der Waals surface area contributed by atoms with E-state index in [1.807, 2.05) is 36.4 Å². The number of nitrogens with zero attached hydrogens (tertiary/aromatic N) is 2. The normalized spacial score (nSPS) is 10.2. The second kappa shape index (κ2) is 8.81. The molecule has 142 valence electrons. The lowest BCUT2D eigenvalue weighted by atomic mass is 10.2. The summed E-state index contributed by atoms with van der Waals surface area (Å²) in [5.74, 6) is -0.742. The van der Waals surface area contributed by atoms with Crippen LogP contribution in [0.5, 0.6) is 0 Å². The molecule has 3 rings (SSSR count).